The number of hydrogen-bond donors (Lipinski definition) is 10. The van der Waals surface area contributed by atoms with Crippen LogP contribution < -0.4 is 0 Å². The lowest BCUT2D eigenvalue weighted by molar-refractivity contribution is -0.397. The SMILES string of the molecule is C=C(CO)C(O)CC[C@@H](C)[C@H]1C[C@H](O)[C@@]2(O)[C@]3(O)[C@@H](O)[C@H](OS(=O)(=O)O)[C@@]4(O)[C@@H](O)[C@@H](O)CC[C@]4(C)[C@H]3CC[C@]12C. The highest BCUT2D eigenvalue weighted by Gasteiger charge is 2.84. The molecule has 0 aromatic heterocycles. The first-order chi connectivity index (χ1) is 18.7. The molecule has 0 radical (unpaired) electrons. The van der Waals surface area contributed by atoms with Gasteiger partial charge < -0.3 is 46.0 Å². The van der Waals surface area contributed by atoms with Crippen LogP contribution in [0, 0.1) is 28.6 Å². The monoisotopic (exact) mass is 610 g/mol. The van der Waals surface area contributed by atoms with Gasteiger partial charge in [0.1, 0.15) is 35.1 Å². The van der Waals surface area contributed by atoms with E-state index in [4.69, 9.17) is 4.18 Å². The van der Waals surface area contributed by atoms with Gasteiger partial charge >= 0.3 is 10.4 Å². The molecule has 4 aliphatic carbocycles. The van der Waals surface area contributed by atoms with Crippen LogP contribution in [0.1, 0.15) is 65.7 Å². The molecule has 4 aliphatic rings. The smallest absolute Gasteiger partial charge is 0.392 e. The van der Waals surface area contributed by atoms with Crippen LogP contribution in [0.15, 0.2) is 12.2 Å². The fraction of sp³-hybridized carbons (Fsp3) is 0.926. The molecule has 0 aliphatic heterocycles. The Balaban J connectivity index is 1.81. The highest BCUT2D eigenvalue weighted by molar-refractivity contribution is 7.80. The summed E-state index contributed by atoms with van der Waals surface area (Å²) in [5.41, 5.74) is -10.5. The predicted octanol–water partition coefficient (Wildman–Crippen LogP) is -1.61. The molecular weight excluding hydrogens is 564 g/mol. The summed E-state index contributed by atoms with van der Waals surface area (Å²) >= 11 is 0. The molecule has 0 amide bonds. The molecule has 0 saturated heterocycles. The van der Waals surface area contributed by atoms with Gasteiger partial charge in [0.2, 0.25) is 0 Å². The van der Waals surface area contributed by atoms with Gasteiger partial charge in [0.15, 0.2) is 0 Å². The zero-order valence-electron chi connectivity index (χ0n) is 23.7. The highest BCUT2D eigenvalue weighted by Crippen LogP contribution is 2.72. The quantitative estimate of drug-likeness (QED) is 0.110. The lowest BCUT2D eigenvalue weighted by atomic mass is 9.38. The second-order valence-electron chi connectivity index (χ2n) is 13.5. The zero-order chi connectivity index (χ0) is 31.1. The van der Waals surface area contributed by atoms with E-state index in [9.17, 15) is 58.9 Å². The summed E-state index contributed by atoms with van der Waals surface area (Å²) in [6.07, 6.45) is -10.3. The highest BCUT2D eigenvalue weighted by atomic mass is 32.3. The van der Waals surface area contributed by atoms with Gasteiger partial charge in [-0.05, 0) is 62.4 Å². The first-order valence-electron chi connectivity index (χ1n) is 14.2. The number of rotatable bonds is 8. The molecule has 1 unspecified atom stereocenters. The molecule has 0 aromatic rings. The van der Waals surface area contributed by atoms with E-state index in [1.165, 1.54) is 6.92 Å². The summed E-state index contributed by atoms with van der Waals surface area (Å²) in [6.45, 7) is 8.21. The van der Waals surface area contributed by atoms with Gasteiger partial charge in [0.05, 0.1) is 24.9 Å². The van der Waals surface area contributed by atoms with Crippen LogP contribution in [0.5, 0.6) is 0 Å². The summed E-state index contributed by atoms with van der Waals surface area (Å²) in [5.74, 6) is -1.91. The summed E-state index contributed by atoms with van der Waals surface area (Å²) in [4.78, 5) is 0. The molecule has 41 heavy (non-hydrogen) atoms. The van der Waals surface area contributed by atoms with Crippen molar-refractivity contribution in [3.8, 4) is 0 Å². The topological polar surface area (TPSA) is 246 Å². The van der Waals surface area contributed by atoms with E-state index < -0.39 is 86.5 Å². The van der Waals surface area contributed by atoms with E-state index in [1.807, 2.05) is 6.92 Å². The molecule has 13 nitrogen and oxygen atoms in total. The second kappa shape index (κ2) is 10.4. The van der Waals surface area contributed by atoms with Crippen LogP contribution in [-0.4, -0.2) is 119 Å². The van der Waals surface area contributed by atoms with E-state index >= 15 is 0 Å². The predicted molar refractivity (Wildman–Crippen MR) is 142 cm³/mol. The molecule has 0 heterocycles. The Labute approximate surface area is 240 Å². The van der Waals surface area contributed by atoms with Crippen LogP contribution >= 0.6 is 0 Å². The van der Waals surface area contributed by atoms with Crippen LogP contribution in [0.4, 0.5) is 0 Å². The molecule has 0 spiro atoms. The average molecular weight is 611 g/mol. The van der Waals surface area contributed by atoms with Crippen LogP contribution in [0.2, 0.25) is 0 Å². The minimum absolute atomic E-state index is 0.0148. The Morgan fingerprint density at radius 3 is 2.12 bits per heavy atom. The first kappa shape index (κ1) is 33.1. The Kier molecular flexibility index (Phi) is 8.42. The maximum Gasteiger partial charge on any atom is 0.397 e. The number of aliphatic hydroxyl groups excluding tert-OH is 6. The molecule has 0 bridgehead atoms. The third kappa shape index (κ3) is 4.32. The Bertz CT molecular complexity index is 1130. The minimum atomic E-state index is -5.41. The van der Waals surface area contributed by atoms with Crippen molar-refractivity contribution < 1.29 is 63.1 Å². The van der Waals surface area contributed by atoms with Crippen LogP contribution in [-0.2, 0) is 14.6 Å². The summed E-state index contributed by atoms with van der Waals surface area (Å²) < 4.78 is 38.2. The van der Waals surface area contributed by atoms with Crippen molar-refractivity contribution in [1.29, 1.82) is 0 Å². The lowest BCUT2D eigenvalue weighted by Gasteiger charge is -2.72. The molecule has 10 N–H and O–H groups in total. The Hall–Kier alpha value is -0.750. The van der Waals surface area contributed by atoms with Crippen molar-refractivity contribution in [2.45, 2.75) is 119 Å². The van der Waals surface area contributed by atoms with Gasteiger partial charge in [-0.15, -0.1) is 0 Å². The average Bonchev–Trinajstić information content (AvgIpc) is 3.11. The van der Waals surface area contributed by atoms with Gasteiger partial charge in [-0.1, -0.05) is 27.4 Å². The first-order valence-corrected chi connectivity index (χ1v) is 15.6. The van der Waals surface area contributed by atoms with E-state index in [2.05, 4.69) is 6.58 Å². The van der Waals surface area contributed by atoms with Gasteiger partial charge in [-0.25, -0.2) is 4.18 Å². The Morgan fingerprint density at radius 2 is 1.56 bits per heavy atom. The number of hydrogen-bond acceptors (Lipinski definition) is 12. The second-order valence-corrected chi connectivity index (χ2v) is 14.6. The fourth-order valence-electron chi connectivity index (χ4n) is 9.50. The summed E-state index contributed by atoms with van der Waals surface area (Å²) in [5, 5.41) is 101. The van der Waals surface area contributed by atoms with Crippen molar-refractivity contribution in [2.24, 2.45) is 28.6 Å². The third-order valence-corrected chi connectivity index (χ3v) is 12.3. The molecule has 238 valence electrons. The van der Waals surface area contributed by atoms with Crippen LogP contribution in [0.3, 0.4) is 0 Å². The zero-order valence-corrected chi connectivity index (χ0v) is 24.5. The van der Waals surface area contributed by atoms with Crippen molar-refractivity contribution in [1.82, 2.24) is 0 Å². The largest absolute Gasteiger partial charge is 0.397 e. The maximum absolute atomic E-state index is 12.5. The Morgan fingerprint density at radius 1 is 0.976 bits per heavy atom. The van der Waals surface area contributed by atoms with Crippen molar-refractivity contribution in [3.63, 3.8) is 0 Å². The molecule has 14 atom stereocenters. The lowest BCUT2D eigenvalue weighted by Crippen LogP contribution is -2.88. The van der Waals surface area contributed by atoms with E-state index in [1.54, 1.807) is 6.92 Å². The van der Waals surface area contributed by atoms with Gasteiger partial charge in [0.25, 0.3) is 0 Å². The van der Waals surface area contributed by atoms with Gasteiger partial charge in [-0.3, -0.25) is 4.55 Å². The van der Waals surface area contributed by atoms with E-state index in [0.717, 1.165) is 0 Å². The third-order valence-electron chi connectivity index (χ3n) is 11.9. The van der Waals surface area contributed by atoms with Gasteiger partial charge in [0, 0.05) is 16.7 Å². The summed E-state index contributed by atoms with van der Waals surface area (Å²) in [6, 6.07) is 0. The normalized spacial score (nSPS) is 51.3. The molecule has 4 fully saturated rings. The molecule has 14 heteroatoms. The van der Waals surface area contributed by atoms with Gasteiger partial charge in [-0.2, -0.15) is 8.42 Å². The maximum atomic E-state index is 12.5. The molecular formula is C27H46O13S. The van der Waals surface area contributed by atoms with Crippen LogP contribution in [0.25, 0.3) is 0 Å². The molecule has 0 aromatic carbocycles. The van der Waals surface area contributed by atoms with Crippen molar-refractivity contribution in [3.05, 3.63) is 12.2 Å². The van der Waals surface area contributed by atoms with Crippen molar-refractivity contribution >= 4 is 10.4 Å². The number of aliphatic hydroxyl groups is 9. The molecule has 4 rings (SSSR count). The summed E-state index contributed by atoms with van der Waals surface area (Å²) in [7, 11) is -5.41. The van der Waals surface area contributed by atoms with E-state index in [-0.39, 0.29) is 56.6 Å². The molecule has 4 saturated carbocycles. The fourth-order valence-corrected chi connectivity index (χ4v) is 10.0. The number of fused-ring (bicyclic) bond motifs is 5. The minimum Gasteiger partial charge on any atom is -0.392 e. The standard InChI is InChI=1S/C27H46O13S/c1-13(5-6-16(29)14(2)12-28)15-11-19(31)27(36)23(15,3)10-8-18-24(4)9-7-17(30)20(32)26(24,35)22(40-41(37,38)39)21(33)25(18,27)34/h13,15-22,28-36H,2,5-12H2,1,3-4H3,(H,37,38,39)/t13-,15-,16?,17+,18-,19+,20+,21+,22+,23-,24-,25-,26+,27+/m1/s1. The van der Waals surface area contributed by atoms with Crippen molar-refractivity contribution in [2.75, 3.05) is 6.61 Å². The van der Waals surface area contributed by atoms with E-state index in [0.29, 0.717) is 6.42 Å².